The average molecular weight is 366 g/mol. The molecule has 0 aliphatic carbocycles. The van der Waals surface area contributed by atoms with Gasteiger partial charge in [-0.3, -0.25) is 0 Å². The Morgan fingerprint density at radius 3 is 2.48 bits per heavy atom. The first-order chi connectivity index (χ1) is 13.1. The van der Waals surface area contributed by atoms with Gasteiger partial charge in [0.05, 0.1) is 11.3 Å². The van der Waals surface area contributed by atoms with Crippen molar-refractivity contribution in [3.8, 4) is 28.9 Å². The highest BCUT2D eigenvalue weighted by Crippen LogP contribution is 2.30. The second-order valence-corrected chi connectivity index (χ2v) is 6.44. The maximum atomic E-state index is 13.4. The molecule has 1 fully saturated rings. The fourth-order valence-electron chi connectivity index (χ4n) is 3.18. The van der Waals surface area contributed by atoms with E-state index in [2.05, 4.69) is 16.2 Å². The smallest absolute Gasteiger partial charge is 0.258 e. The Kier molecular flexibility index (Phi) is 4.55. The molecule has 1 aromatic heterocycles. The maximum Gasteiger partial charge on any atom is 0.258 e. The predicted octanol–water partition coefficient (Wildman–Crippen LogP) is 4.35. The number of hydrogen-bond donors (Lipinski definition) is 0. The molecule has 0 atom stereocenters. The van der Waals surface area contributed by atoms with Crippen molar-refractivity contribution in [3.63, 3.8) is 0 Å². The molecule has 0 saturated carbocycles. The number of nitrogens with zero attached hydrogens (tertiary/aromatic N) is 4. The quantitative estimate of drug-likeness (QED) is 0.689. The molecule has 0 bridgehead atoms. The minimum atomic E-state index is -0.769. The van der Waals surface area contributed by atoms with Crippen molar-refractivity contribution in [2.45, 2.75) is 19.0 Å². The molecule has 0 unspecified atom stereocenters. The van der Waals surface area contributed by atoms with Gasteiger partial charge in [-0.05, 0) is 55.3 Å². The van der Waals surface area contributed by atoms with Crippen LogP contribution in [0.25, 0.3) is 22.8 Å². The summed E-state index contributed by atoms with van der Waals surface area (Å²) in [6.45, 7) is 1.18. The summed E-state index contributed by atoms with van der Waals surface area (Å²) in [4.78, 5) is 6.36. The van der Waals surface area contributed by atoms with Crippen LogP contribution in [0.1, 0.15) is 18.4 Å². The van der Waals surface area contributed by atoms with Gasteiger partial charge in [-0.15, -0.1) is 0 Å². The largest absolute Gasteiger partial charge is 0.370 e. The fourth-order valence-corrected chi connectivity index (χ4v) is 3.18. The number of aromatic nitrogens is 2. The lowest BCUT2D eigenvalue weighted by atomic mass is 10.0. The molecule has 3 aromatic rings. The van der Waals surface area contributed by atoms with Gasteiger partial charge in [0.2, 0.25) is 5.82 Å². The van der Waals surface area contributed by atoms with E-state index in [1.807, 2.05) is 11.0 Å². The molecular formula is C20H16F2N4O. The van der Waals surface area contributed by atoms with Crippen molar-refractivity contribution in [1.82, 2.24) is 10.1 Å². The summed E-state index contributed by atoms with van der Waals surface area (Å²) in [5.74, 6) is 0.283. The Hall–Kier alpha value is -3.27. The van der Waals surface area contributed by atoms with Crippen molar-refractivity contribution >= 4 is 5.69 Å². The van der Waals surface area contributed by atoms with Crippen LogP contribution in [-0.4, -0.2) is 29.4 Å². The SMILES string of the molecule is N#Cc1cc(-c2nc(-c3ccc(F)cc3)no2)ccc1N1CCC(F)CC1. The van der Waals surface area contributed by atoms with Crippen LogP contribution in [0.4, 0.5) is 14.5 Å². The van der Waals surface area contributed by atoms with Gasteiger partial charge in [0.25, 0.3) is 5.89 Å². The average Bonchev–Trinajstić information content (AvgIpc) is 3.19. The highest BCUT2D eigenvalue weighted by atomic mass is 19.1. The standard InChI is InChI=1S/C20H16F2N4O/c21-16-4-1-13(2-5-16)19-24-20(27-25-19)14-3-6-18(15(11-14)12-23)26-9-7-17(22)8-10-26/h1-6,11,17H,7-10H2. The summed E-state index contributed by atoms with van der Waals surface area (Å²) in [7, 11) is 0. The number of benzene rings is 2. The Bertz CT molecular complexity index is 986. The first kappa shape index (κ1) is 17.2. The second kappa shape index (κ2) is 7.16. The minimum absolute atomic E-state index is 0.278. The molecule has 0 spiro atoms. The first-order valence-corrected chi connectivity index (χ1v) is 8.67. The molecule has 1 aliphatic heterocycles. The summed E-state index contributed by atoms with van der Waals surface area (Å²) >= 11 is 0. The summed E-state index contributed by atoms with van der Waals surface area (Å²) in [5.41, 5.74) is 2.52. The Morgan fingerprint density at radius 2 is 1.78 bits per heavy atom. The third-order valence-corrected chi connectivity index (χ3v) is 4.66. The molecule has 0 N–H and O–H groups in total. The van der Waals surface area contributed by atoms with E-state index in [1.54, 1.807) is 24.3 Å². The lowest BCUT2D eigenvalue weighted by Gasteiger charge is -2.31. The molecule has 5 nitrogen and oxygen atoms in total. The van der Waals surface area contributed by atoms with Gasteiger partial charge in [0, 0.05) is 24.2 Å². The van der Waals surface area contributed by atoms with E-state index in [0.29, 0.717) is 48.4 Å². The van der Waals surface area contributed by atoms with Crippen molar-refractivity contribution in [2.75, 3.05) is 18.0 Å². The van der Waals surface area contributed by atoms with Crippen LogP contribution in [0.2, 0.25) is 0 Å². The zero-order chi connectivity index (χ0) is 18.8. The van der Waals surface area contributed by atoms with E-state index in [9.17, 15) is 14.0 Å². The molecular weight excluding hydrogens is 350 g/mol. The van der Waals surface area contributed by atoms with E-state index in [0.717, 1.165) is 5.69 Å². The number of anilines is 1. The van der Waals surface area contributed by atoms with Gasteiger partial charge < -0.3 is 9.42 Å². The first-order valence-electron chi connectivity index (χ1n) is 8.67. The third kappa shape index (κ3) is 3.51. The van der Waals surface area contributed by atoms with Crippen LogP contribution >= 0.6 is 0 Å². The van der Waals surface area contributed by atoms with E-state index in [-0.39, 0.29) is 11.7 Å². The number of piperidine rings is 1. The lowest BCUT2D eigenvalue weighted by molar-refractivity contribution is 0.277. The van der Waals surface area contributed by atoms with Crippen LogP contribution < -0.4 is 4.90 Å². The van der Waals surface area contributed by atoms with Gasteiger partial charge in [0.15, 0.2) is 0 Å². The van der Waals surface area contributed by atoms with Crippen molar-refractivity contribution in [1.29, 1.82) is 5.26 Å². The minimum Gasteiger partial charge on any atom is -0.370 e. The zero-order valence-electron chi connectivity index (χ0n) is 14.4. The van der Waals surface area contributed by atoms with Crippen LogP contribution in [-0.2, 0) is 0 Å². The topological polar surface area (TPSA) is 66.0 Å². The number of hydrogen-bond acceptors (Lipinski definition) is 5. The maximum absolute atomic E-state index is 13.4. The van der Waals surface area contributed by atoms with Crippen molar-refractivity contribution in [3.05, 3.63) is 53.8 Å². The summed E-state index contributed by atoms with van der Waals surface area (Å²) < 4.78 is 31.7. The lowest BCUT2D eigenvalue weighted by Crippen LogP contribution is -2.34. The molecule has 0 radical (unpaired) electrons. The third-order valence-electron chi connectivity index (χ3n) is 4.66. The van der Waals surface area contributed by atoms with E-state index < -0.39 is 6.17 Å². The molecule has 2 aromatic carbocycles. The molecule has 4 rings (SSSR count). The van der Waals surface area contributed by atoms with Crippen molar-refractivity contribution < 1.29 is 13.3 Å². The number of alkyl halides is 1. The second-order valence-electron chi connectivity index (χ2n) is 6.44. The number of nitriles is 1. The van der Waals surface area contributed by atoms with Gasteiger partial charge in [-0.1, -0.05) is 5.16 Å². The fraction of sp³-hybridized carbons (Fsp3) is 0.250. The van der Waals surface area contributed by atoms with Gasteiger partial charge in [-0.2, -0.15) is 10.2 Å². The number of rotatable bonds is 3. The molecule has 0 amide bonds. The Labute approximate surface area is 154 Å². The van der Waals surface area contributed by atoms with Crippen LogP contribution in [0, 0.1) is 17.1 Å². The van der Waals surface area contributed by atoms with E-state index >= 15 is 0 Å². The summed E-state index contributed by atoms with van der Waals surface area (Å²) in [6, 6.07) is 13.3. The van der Waals surface area contributed by atoms with Crippen LogP contribution in [0.15, 0.2) is 47.0 Å². The highest BCUT2D eigenvalue weighted by Gasteiger charge is 2.21. The summed E-state index contributed by atoms with van der Waals surface area (Å²) in [6.07, 6.45) is 0.170. The molecule has 1 aliphatic rings. The zero-order valence-corrected chi connectivity index (χ0v) is 14.4. The molecule has 2 heterocycles. The normalized spacial score (nSPS) is 14.9. The van der Waals surface area contributed by atoms with E-state index in [4.69, 9.17) is 4.52 Å². The van der Waals surface area contributed by atoms with E-state index in [1.165, 1.54) is 12.1 Å². The van der Waals surface area contributed by atoms with Crippen LogP contribution in [0.5, 0.6) is 0 Å². The number of halogens is 2. The van der Waals surface area contributed by atoms with Gasteiger partial charge >= 0.3 is 0 Å². The Balaban J connectivity index is 1.61. The monoisotopic (exact) mass is 366 g/mol. The highest BCUT2D eigenvalue weighted by molar-refractivity contribution is 5.68. The predicted molar refractivity (Wildman–Crippen MR) is 96.2 cm³/mol. The molecule has 136 valence electrons. The van der Waals surface area contributed by atoms with Crippen LogP contribution in [0.3, 0.4) is 0 Å². The van der Waals surface area contributed by atoms with Gasteiger partial charge in [-0.25, -0.2) is 8.78 Å². The molecule has 7 heteroatoms. The molecule has 27 heavy (non-hydrogen) atoms. The van der Waals surface area contributed by atoms with Crippen molar-refractivity contribution in [2.24, 2.45) is 0 Å². The van der Waals surface area contributed by atoms with Gasteiger partial charge in [0.1, 0.15) is 18.1 Å². The molecule has 1 saturated heterocycles. The Morgan fingerprint density at radius 1 is 1.07 bits per heavy atom. The summed E-state index contributed by atoms with van der Waals surface area (Å²) in [5, 5.41) is 13.5.